The molecule has 0 aliphatic rings. The predicted molar refractivity (Wildman–Crippen MR) is 129 cm³/mol. The van der Waals surface area contributed by atoms with Gasteiger partial charge >= 0.3 is 19.8 Å². The molecule has 0 N–H and O–H groups in total. The largest absolute Gasteiger partial charge is 2.00 e. The van der Waals surface area contributed by atoms with Gasteiger partial charge in [0.05, 0.1) is 16.9 Å². The van der Waals surface area contributed by atoms with Crippen LogP contribution in [0.3, 0.4) is 0 Å². The van der Waals surface area contributed by atoms with Crippen LogP contribution in [0.1, 0.15) is 17.0 Å². The van der Waals surface area contributed by atoms with Gasteiger partial charge in [0.25, 0.3) is 0 Å². The number of hydrogen-bond donors (Lipinski definition) is 0. The summed E-state index contributed by atoms with van der Waals surface area (Å²) >= 11 is 0. The van der Waals surface area contributed by atoms with Gasteiger partial charge in [-0.05, 0) is 61.8 Å². The molecule has 0 aliphatic carbocycles. The van der Waals surface area contributed by atoms with Crippen LogP contribution < -0.4 is 10.1 Å². The summed E-state index contributed by atoms with van der Waals surface area (Å²) in [6, 6.07) is 17.8. The van der Waals surface area contributed by atoms with Gasteiger partial charge in [-0.25, -0.2) is 0 Å². The minimum Gasteiger partial charge on any atom is -0.655 e. The van der Waals surface area contributed by atoms with Gasteiger partial charge in [0.1, 0.15) is 0 Å². The van der Waals surface area contributed by atoms with Crippen molar-refractivity contribution in [1.82, 2.24) is 35.1 Å². The number of aryl methyl sites for hydroxylation is 3. The standard InChI is InChI=1S/C18H14N3.C8H7N4.Os/c1-11-14-7-3-4-8-15(14)21-18(11)17-12(2)16-13(10-20-17)6-5-9-19-16;1-6-10-8(12-11-6)7-4-2-3-5-9-7;/h3-10H,1-2H3;2-5H,1H3;/q2*-1;+2. The molecule has 0 spiro atoms. The van der Waals surface area contributed by atoms with Crippen molar-refractivity contribution >= 4 is 21.8 Å². The van der Waals surface area contributed by atoms with E-state index < -0.39 is 0 Å². The third-order valence-electron chi connectivity index (χ3n) is 5.45. The van der Waals surface area contributed by atoms with E-state index in [4.69, 9.17) is 4.98 Å². The molecule has 168 valence electrons. The molecular formula is C26H21N7Os. The minimum absolute atomic E-state index is 0. The topological polar surface area (TPSA) is 92.7 Å². The van der Waals surface area contributed by atoms with Crippen LogP contribution in [0.5, 0.6) is 0 Å². The number of aromatic nitrogens is 7. The van der Waals surface area contributed by atoms with E-state index in [0.29, 0.717) is 11.6 Å². The average Bonchev–Trinajstić information content (AvgIpc) is 3.44. The van der Waals surface area contributed by atoms with Gasteiger partial charge in [-0.3, -0.25) is 20.1 Å². The van der Waals surface area contributed by atoms with E-state index in [1.807, 2.05) is 60.9 Å². The zero-order chi connectivity index (χ0) is 22.8. The fourth-order valence-corrected chi connectivity index (χ4v) is 3.79. The van der Waals surface area contributed by atoms with Crippen molar-refractivity contribution in [3.63, 3.8) is 0 Å². The summed E-state index contributed by atoms with van der Waals surface area (Å²) < 4.78 is 0. The molecule has 0 fully saturated rings. The van der Waals surface area contributed by atoms with Crippen LogP contribution in [0.25, 0.3) is 44.7 Å². The Bertz CT molecular complexity index is 1550. The molecule has 8 heteroatoms. The SMILES string of the molecule is Cc1c(-c2ncc3cccnc3c2C)[n-]c2ccccc12.Cc1n[n-]c(-c2ccccn2)n1.[Os+2]. The Labute approximate surface area is 210 Å². The number of fused-ring (bicyclic) bond motifs is 2. The molecule has 6 rings (SSSR count). The Morgan fingerprint density at radius 2 is 1.56 bits per heavy atom. The maximum absolute atomic E-state index is 4.76. The Morgan fingerprint density at radius 1 is 0.765 bits per heavy atom. The first-order valence-electron chi connectivity index (χ1n) is 10.6. The fourth-order valence-electron chi connectivity index (χ4n) is 3.79. The Balaban J connectivity index is 0.000000180. The molecule has 0 radical (unpaired) electrons. The van der Waals surface area contributed by atoms with Crippen LogP contribution in [-0.4, -0.2) is 25.0 Å². The molecule has 0 saturated carbocycles. The predicted octanol–water partition coefficient (Wildman–Crippen LogP) is 4.83. The van der Waals surface area contributed by atoms with Crippen LogP contribution in [0.2, 0.25) is 0 Å². The van der Waals surface area contributed by atoms with Crippen molar-refractivity contribution in [2.24, 2.45) is 0 Å². The summed E-state index contributed by atoms with van der Waals surface area (Å²) in [6.45, 7) is 5.98. The second kappa shape index (κ2) is 10.0. The second-order valence-electron chi connectivity index (χ2n) is 7.67. The van der Waals surface area contributed by atoms with E-state index in [1.165, 1.54) is 10.9 Å². The molecule has 0 atom stereocenters. The molecule has 0 unspecified atom stereocenters. The molecule has 7 nitrogen and oxygen atoms in total. The van der Waals surface area contributed by atoms with Gasteiger partial charge in [0.2, 0.25) is 0 Å². The van der Waals surface area contributed by atoms with E-state index in [1.54, 1.807) is 13.1 Å². The smallest absolute Gasteiger partial charge is 0.655 e. The number of pyridine rings is 3. The first-order chi connectivity index (χ1) is 16.1. The van der Waals surface area contributed by atoms with Crippen LogP contribution >= 0.6 is 0 Å². The van der Waals surface area contributed by atoms with Gasteiger partial charge in [0.15, 0.2) is 0 Å². The molecule has 5 aromatic heterocycles. The van der Waals surface area contributed by atoms with Crippen LogP contribution in [0.15, 0.2) is 73.2 Å². The molecular weight excluding hydrogens is 601 g/mol. The van der Waals surface area contributed by atoms with Crippen molar-refractivity contribution in [1.29, 1.82) is 0 Å². The average molecular weight is 622 g/mol. The third kappa shape index (κ3) is 4.50. The normalized spacial score (nSPS) is 10.6. The number of nitrogens with zero attached hydrogens (tertiary/aromatic N) is 7. The van der Waals surface area contributed by atoms with E-state index >= 15 is 0 Å². The van der Waals surface area contributed by atoms with E-state index in [9.17, 15) is 0 Å². The number of para-hydroxylation sites is 1. The van der Waals surface area contributed by atoms with Gasteiger partial charge < -0.3 is 15.1 Å². The van der Waals surface area contributed by atoms with Crippen LogP contribution in [0, 0.1) is 20.8 Å². The zero-order valence-corrected chi connectivity index (χ0v) is 21.5. The summed E-state index contributed by atoms with van der Waals surface area (Å²) in [4.78, 5) is 22.1. The summed E-state index contributed by atoms with van der Waals surface area (Å²) in [5.41, 5.74) is 6.92. The maximum Gasteiger partial charge on any atom is 2.00 e. The van der Waals surface area contributed by atoms with E-state index in [2.05, 4.69) is 50.0 Å². The number of benzene rings is 1. The number of rotatable bonds is 2. The third-order valence-corrected chi connectivity index (χ3v) is 5.45. The fraction of sp³-hybridized carbons (Fsp3) is 0.115. The van der Waals surface area contributed by atoms with E-state index in [-0.39, 0.29) is 19.8 Å². The quantitative estimate of drug-likeness (QED) is 0.274. The van der Waals surface area contributed by atoms with Crippen LogP contribution in [-0.2, 0) is 19.8 Å². The van der Waals surface area contributed by atoms with E-state index in [0.717, 1.165) is 39.1 Å². The van der Waals surface area contributed by atoms with Crippen molar-refractivity contribution in [3.05, 3.63) is 90.1 Å². The zero-order valence-electron chi connectivity index (χ0n) is 18.9. The van der Waals surface area contributed by atoms with Gasteiger partial charge in [-0.1, -0.05) is 35.9 Å². The molecule has 0 aliphatic heterocycles. The second-order valence-corrected chi connectivity index (χ2v) is 7.67. The molecule has 34 heavy (non-hydrogen) atoms. The molecule has 0 amide bonds. The first kappa shape index (κ1) is 23.4. The summed E-state index contributed by atoms with van der Waals surface area (Å²) in [6.07, 6.45) is 5.41. The monoisotopic (exact) mass is 623 g/mol. The van der Waals surface area contributed by atoms with Gasteiger partial charge in [-0.2, -0.15) is 0 Å². The van der Waals surface area contributed by atoms with Crippen molar-refractivity contribution in [2.75, 3.05) is 0 Å². The molecule has 0 saturated heterocycles. The number of hydrogen-bond acceptors (Lipinski definition) is 5. The molecule has 1 aromatic carbocycles. The van der Waals surface area contributed by atoms with Crippen molar-refractivity contribution in [2.45, 2.75) is 20.8 Å². The molecule has 5 heterocycles. The Kier molecular flexibility index (Phi) is 6.90. The molecule has 6 aromatic rings. The summed E-state index contributed by atoms with van der Waals surface area (Å²) in [7, 11) is 0. The Hall–Kier alpha value is -3.75. The van der Waals surface area contributed by atoms with Crippen molar-refractivity contribution < 1.29 is 19.8 Å². The maximum atomic E-state index is 4.76. The van der Waals surface area contributed by atoms with Gasteiger partial charge in [-0.15, -0.1) is 11.2 Å². The summed E-state index contributed by atoms with van der Waals surface area (Å²) in [5.74, 6) is 1.27. The van der Waals surface area contributed by atoms with Crippen molar-refractivity contribution in [3.8, 4) is 22.9 Å². The molecule has 0 bridgehead atoms. The first-order valence-corrected chi connectivity index (χ1v) is 10.6. The van der Waals surface area contributed by atoms with Gasteiger partial charge in [0, 0.05) is 29.8 Å². The summed E-state index contributed by atoms with van der Waals surface area (Å²) in [5, 5.41) is 9.91. The van der Waals surface area contributed by atoms with Crippen LogP contribution in [0.4, 0.5) is 0 Å². The minimum atomic E-state index is 0. The Morgan fingerprint density at radius 3 is 2.29 bits per heavy atom.